The Kier molecular flexibility index (Phi) is 4.54. The number of para-hydroxylation sites is 2. The van der Waals surface area contributed by atoms with Gasteiger partial charge in [0, 0.05) is 31.6 Å². The summed E-state index contributed by atoms with van der Waals surface area (Å²) < 4.78 is 5.96. The molecule has 27 heavy (non-hydrogen) atoms. The molecule has 2 aliphatic heterocycles. The van der Waals surface area contributed by atoms with Crippen molar-refractivity contribution in [2.45, 2.75) is 57.4 Å². The predicted octanol–water partition coefficient (Wildman–Crippen LogP) is 4.23. The first-order valence-electron chi connectivity index (χ1n) is 10.7. The van der Waals surface area contributed by atoms with Crippen molar-refractivity contribution < 1.29 is 9.21 Å². The standard InChI is InChI=1S/C22H29N3O2/c26-21(17-9-10-17)25-13-5-1-2-7-19(25)16-11-14-24(15-12-16)22-23-18-6-3-4-8-20(18)27-22/h3-4,6,8,16-17,19H,1-2,5,7,9-15H2/t19-/m0/s1. The molecule has 0 spiro atoms. The minimum Gasteiger partial charge on any atom is -0.423 e. The molecule has 5 heteroatoms. The van der Waals surface area contributed by atoms with Crippen LogP contribution in [0, 0.1) is 11.8 Å². The fourth-order valence-corrected chi connectivity index (χ4v) is 4.93. The molecule has 0 bridgehead atoms. The number of aromatic nitrogens is 1. The first-order chi connectivity index (χ1) is 13.3. The highest BCUT2D eigenvalue weighted by atomic mass is 16.4. The van der Waals surface area contributed by atoms with Gasteiger partial charge in [0.05, 0.1) is 0 Å². The highest BCUT2D eigenvalue weighted by molar-refractivity contribution is 5.81. The number of benzene rings is 1. The SMILES string of the molecule is O=C(C1CC1)N1CCCCC[C@H]1C1CCN(c2nc3ccccc3o2)CC1. The molecule has 2 aromatic rings. The summed E-state index contributed by atoms with van der Waals surface area (Å²) in [6, 6.07) is 9.17. The summed E-state index contributed by atoms with van der Waals surface area (Å²) in [5.41, 5.74) is 1.79. The molecule has 1 aliphatic carbocycles. The van der Waals surface area contributed by atoms with Gasteiger partial charge in [0.25, 0.3) is 6.01 Å². The minimum absolute atomic E-state index is 0.338. The van der Waals surface area contributed by atoms with Gasteiger partial charge >= 0.3 is 0 Å². The minimum atomic E-state index is 0.338. The van der Waals surface area contributed by atoms with Gasteiger partial charge in [-0.15, -0.1) is 0 Å². The van der Waals surface area contributed by atoms with Crippen LogP contribution in [-0.4, -0.2) is 41.5 Å². The van der Waals surface area contributed by atoms with Gasteiger partial charge in [-0.05, 0) is 56.6 Å². The van der Waals surface area contributed by atoms with Gasteiger partial charge < -0.3 is 14.2 Å². The Labute approximate surface area is 160 Å². The summed E-state index contributed by atoms with van der Waals surface area (Å²) in [7, 11) is 0. The Morgan fingerprint density at radius 3 is 2.56 bits per heavy atom. The van der Waals surface area contributed by atoms with E-state index in [1.54, 1.807) is 0 Å². The maximum Gasteiger partial charge on any atom is 0.298 e. The number of likely N-dealkylation sites (tertiary alicyclic amines) is 1. The molecule has 3 fully saturated rings. The lowest BCUT2D eigenvalue weighted by molar-refractivity contribution is -0.136. The van der Waals surface area contributed by atoms with E-state index >= 15 is 0 Å². The van der Waals surface area contributed by atoms with Crippen LogP contribution in [0.3, 0.4) is 0 Å². The average Bonchev–Trinajstić information content (AvgIpc) is 3.50. The zero-order valence-electron chi connectivity index (χ0n) is 16.0. The zero-order valence-corrected chi connectivity index (χ0v) is 16.0. The van der Waals surface area contributed by atoms with Gasteiger partial charge in [0.2, 0.25) is 5.91 Å². The molecule has 0 radical (unpaired) electrons. The number of anilines is 1. The second-order valence-corrected chi connectivity index (χ2v) is 8.51. The second kappa shape index (κ2) is 7.17. The van der Waals surface area contributed by atoms with Crippen molar-refractivity contribution in [1.29, 1.82) is 0 Å². The molecule has 0 unspecified atom stereocenters. The Bertz CT molecular complexity index is 772. The van der Waals surface area contributed by atoms with Gasteiger partial charge in [-0.2, -0.15) is 4.98 Å². The fraction of sp³-hybridized carbons (Fsp3) is 0.636. The van der Waals surface area contributed by atoms with Crippen molar-refractivity contribution in [2.24, 2.45) is 11.8 Å². The molecule has 5 rings (SSSR count). The lowest BCUT2D eigenvalue weighted by Crippen LogP contribution is -2.48. The van der Waals surface area contributed by atoms with Crippen LogP contribution in [0.15, 0.2) is 28.7 Å². The molecule has 2 saturated heterocycles. The van der Waals surface area contributed by atoms with Gasteiger partial charge in [-0.1, -0.05) is 25.0 Å². The summed E-state index contributed by atoms with van der Waals surface area (Å²) in [5.74, 6) is 1.40. The Balaban J connectivity index is 1.27. The number of rotatable bonds is 3. The lowest BCUT2D eigenvalue weighted by Gasteiger charge is -2.40. The van der Waals surface area contributed by atoms with Crippen LogP contribution >= 0.6 is 0 Å². The number of piperidine rings is 1. The van der Waals surface area contributed by atoms with E-state index in [0.717, 1.165) is 62.4 Å². The van der Waals surface area contributed by atoms with Crippen LogP contribution in [0.4, 0.5) is 6.01 Å². The van der Waals surface area contributed by atoms with E-state index in [4.69, 9.17) is 4.42 Å². The maximum atomic E-state index is 12.8. The number of amides is 1. The molecular formula is C22H29N3O2. The van der Waals surface area contributed by atoms with Crippen LogP contribution < -0.4 is 4.90 Å². The molecule has 3 aliphatic rings. The molecule has 5 nitrogen and oxygen atoms in total. The Morgan fingerprint density at radius 2 is 1.78 bits per heavy atom. The molecule has 1 amide bonds. The number of nitrogens with zero attached hydrogens (tertiary/aromatic N) is 3. The monoisotopic (exact) mass is 367 g/mol. The third kappa shape index (κ3) is 3.44. The van der Waals surface area contributed by atoms with Crippen molar-refractivity contribution in [1.82, 2.24) is 9.88 Å². The van der Waals surface area contributed by atoms with Crippen LogP contribution in [0.5, 0.6) is 0 Å². The number of fused-ring (bicyclic) bond motifs is 1. The molecule has 1 atom stereocenters. The van der Waals surface area contributed by atoms with Gasteiger partial charge in [0.1, 0.15) is 5.52 Å². The third-order valence-corrected chi connectivity index (χ3v) is 6.65. The van der Waals surface area contributed by atoms with Crippen LogP contribution in [-0.2, 0) is 4.79 Å². The maximum absolute atomic E-state index is 12.8. The normalized spacial score (nSPS) is 25.0. The van der Waals surface area contributed by atoms with Crippen molar-refractivity contribution in [3.8, 4) is 0 Å². The first kappa shape index (κ1) is 17.1. The van der Waals surface area contributed by atoms with E-state index in [1.807, 2.05) is 24.3 Å². The fourth-order valence-electron chi connectivity index (χ4n) is 4.93. The summed E-state index contributed by atoms with van der Waals surface area (Å²) in [6.45, 7) is 2.92. The van der Waals surface area contributed by atoms with Crippen molar-refractivity contribution in [3.63, 3.8) is 0 Å². The summed E-state index contributed by atoms with van der Waals surface area (Å²) in [6.07, 6.45) is 9.37. The molecule has 144 valence electrons. The zero-order chi connectivity index (χ0) is 18.2. The Morgan fingerprint density at radius 1 is 0.963 bits per heavy atom. The lowest BCUT2D eigenvalue weighted by atomic mass is 9.86. The summed E-state index contributed by atoms with van der Waals surface area (Å²) in [5, 5.41) is 0. The number of carbonyl (C=O) groups excluding carboxylic acids is 1. The third-order valence-electron chi connectivity index (χ3n) is 6.65. The van der Waals surface area contributed by atoms with Crippen LogP contribution in [0.25, 0.3) is 11.1 Å². The molecule has 1 aromatic carbocycles. The highest BCUT2D eigenvalue weighted by Crippen LogP contribution is 2.37. The van der Waals surface area contributed by atoms with E-state index in [9.17, 15) is 4.79 Å². The second-order valence-electron chi connectivity index (χ2n) is 8.51. The largest absolute Gasteiger partial charge is 0.423 e. The van der Waals surface area contributed by atoms with Crippen LogP contribution in [0.2, 0.25) is 0 Å². The van der Waals surface area contributed by atoms with Gasteiger partial charge in [-0.3, -0.25) is 4.79 Å². The van der Waals surface area contributed by atoms with E-state index in [1.165, 1.54) is 25.7 Å². The number of carbonyl (C=O) groups is 1. The van der Waals surface area contributed by atoms with E-state index in [0.29, 0.717) is 23.8 Å². The van der Waals surface area contributed by atoms with E-state index < -0.39 is 0 Å². The average molecular weight is 367 g/mol. The summed E-state index contributed by atoms with van der Waals surface area (Å²) in [4.78, 5) is 22.1. The van der Waals surface area contributed by atoms with Crippen molar-refractivity contribution in [2.75, 3.05) is 24.5 Å². The quantitative estimate of drug-likeness (QED) is 0.815. The van der Waals surface area contributed by atoms with E-state index in [2.05, 4.69) is 14.8 Å². The number of hydrogen-bond donors (Lipinski definition) is 0. The number of oxazole rings is 1. The van der Waals surface area contributed by atoms with Gasteiger partial charge in [-0.25, -0.2) is 0 Å². The first-order valence-corrected chi connectivity index (χ1v) is 10.7. The van der Waals surface area contributed by atoms with Crippen LogP contribution in [0.1, 0.15) is 51.4 Å². The molecule has 1 saturated carbocycles. The molecule has 0 N–H and O–H groups in total. The summed E-state index contributed by atoms with van der Waals surface area (Å²) >= 11 is 0. The highest BCUT2D eigenvalue weighted by Gasteiger charge is 2.40. The molecular weight excluding hydrogens is 338 g/mol. The van der Waals surface area contributed by atoms with Crippen molar-refractivity contribution >= 4 is 23.0 Å². The molecule has 3 heterocycles. The molecule has 1 aromatic heterocycles. The van der Waals surface area contributed by atoms with E-state index in [-0.39, 0.29) is 0 Å². The predicted molar refractivity (Wildman–Crippen MR) is 106 cm³/mol. The number of hydrogen-bond acceptors (Lipinski definition) is 4. The van der Waals surface area contributed by atoms with Crippen molar-refractivity contribution in [3.05, 3.63) is 24.3 Å². The Hall–Kier alpha value is -2.04. The smallest absolute Gasteiger partial charge is 0.298 e. The van der Waals surface area contributed by atoms with Gasteiger partial charge in [0.15, 0.2) is 5.58 Å². The topological polar surface area (TPSA) is 49.6 Å².